The van der Waals surface area contributed by atoms with E-state index in [1.165, 1.54) is 0 Å². The first-order valence-electron chi connectivity index (χ1n) is 12.2. The van der Waals surface area contributed by atoms with Crippen LogP contribution in [-0.2, 0) is 32.5 Å². The van der Waals surface area contributed by atoms with Gasteiger partial charge in [-0.1, -0.05) is 24.3 Å². The van der Waals surface area contributed by atoms with Gasteiger partial charge in [0.05, 0.1) is 40.6 Å². The molecule has 0 bridgehead atoms. The Morgan fingerprint density at radius 1 is 0.842 bits per heavy atom. The van der Waals surface area contributed by atoms with Gasteiger partial charge in [-0.25, -0.2) is 0 Å². The fraction of sp³-hybridized carbons (Fsp3) is 0.345. The quantitative estimate of drug-likeness (QED) is 0.222. The molecular weight excluding hydrogens is 508 g/mol. The molecule has 0 amide bonds. The third-order valence-corrected chi connectivity index (χ3v) is 6.55. The second-order valence-corrected chi connectivity index (χ2v) is 10.3. The molecule has 3 aromatic rings. The molecule has 204 valence electrons. The zero-order valence-corrected chi connectivity index (χ0v) is 23.2. The highest BCUT2D eigenvalue weighted by molar-refractivity contribution is 7.86. The summed E-state index contributed by atoms with van der Waals surface area (Å²) in [6.45, 7) is 2.10. The maximum absolute atomic E-state index is 12.5. The van der Waals surface area contributed by atoms with Crippen LogP contribution in [0.2, 0.25) is 0 Å². The molecule has 0 aliphatic carbocycles. The number of esters is 1. The summed E-state index contributed by atoms with van der Waals surface area (Å²) in [4.78, 5) is 12.5. The van der Waals surface area contributed by atoms with Gasteiger partial charge in [-0.3, -0.25) is 4.79 Å². The lowest BCUT2D eigenvalue weighted by atomic mass is 9.86. The maximum atomic E-state index is 12.5. The Bertz CT molecular complexity index is 1320. The summed E-state index contributed by atoms with van der Waals surface area (Å²) in [7, 11) is 1.20. The van der Waals surface area contributed by atoms with Crippen molar-refractivity contribution in [2.24, 2.45) is 0 Å². The lowest BCUT2D eigenvalue weighted by molar-refractivity contribution is -0.143. The van der Waals surface area contributed by atoms with Crippen LogP contribution in [0.5, 0.6) is 23.0 Å². The number of hydrogen-bond donors (Lipinski definition) is 0. The molecule has 0 saturated heterocycles. The Morgan fingerprint density at radius 2 is 1.47 bits per heavy atom. The zero-order valence-electron chi connectivity index (χ0n) is 22.4. The summed E-state index contributed by atoms with van der Waals surface area (Å²) < 4.78 is 49.7. The highest BCUT2D eigenvalue weighted by atomic mass is 32.2. The van der Waals surface area contributed by atoms with E-state index in [0.717, 1.165) is 34.3 Å². The van der Waals surface area contributed by atoms with Gasteiger partial charge in [-0.2, -0.15) is 8.42 Å². The normalized spacial score (nSPS) is 11.9. The Labute approximate surface area is 224 Å². The van der Waals surface area contributed by atoms with Crippen LogP contribution in [0.15, 0.2) is 60.7 Å². The molecule has 9 heteroatoms. The first-order chi connectivity index (χ1) is 18.1. The Balaban J connectivity index is 2.00. The maximum Gasteiger partial charge on any atom is 0.306 e. The van der Waals surface area contributed by atoms with E-state index < -0.39 is 10.1 Å². The van der Waals surface area contributed by atoms with Crippen LogP contribution in [0, 0.1) is 0 Å². The standard InChI is InChI=1S/C29H34O8S/c1-6-36-29(30)18-22(21-9-13-24(33-2)14-10-21)16-23-17-26(34-3)19-28(35-4)27(23)15-20-7-11-25(12-8-20)37-38(5,31)32/h7-14,17,19,22H,6,15-16,18H2,1-5H3. The number of hydrogen-bond acceptors (Lipinski definition) is 8. The first-order valence-corrected chi connectivity index (χ1v) is 14.0. The van der Waals surface area contributed by atoms with Gasteiger partial charge in [0.15, 0.2) is 0 Å². The smallest absolute Gasteiger partial charge is 0.306 e. The number of ether oxygens (including phenoxy) is 4. The van der Waals surface area contributed by atoms with Crippen molar-refractivity contribution < 1.29 is 36.3 Å². The lowest BCUT2D eigenvalue weighted by Gasteiger charge is -2.22. The minimum atomic E-state index is -3.61. The van der Waals surface area contributed by atoms with Crippen molar-refractivity contribution in [3.05, 3.63) is 82.9 Å². The third-order valence-electron chi connectivity index (χ3n) is 6.05. The SMILES string of the molecule is CCOC(=O)CC(Cc1cc(OC)cc(OC)c1Cc1ccc(OS(C)(=O)=O)cc1)c1ccc(OC)cc1. The van der Waals surface area contributed by atoms with Gasteiger partial charge in [0.1, 0.15) is 23.0 Å². The van der Waals surface area contributed by atoms with Crippen LogP contribution >= 0.6 is 0 Å². The summed E-state index contributed by atoms with van der Waals surface area (Å²) in [5, 5.41) is 0. The molecule has 38 heavy (non-hydrogen) atoms. The summed E-state index contributed by atoms with van der Waals surface area (Å²) >= 11 is 0. The first kappa shape index (κ1) is 28.8. The van der Waals surface area contributed by atoms with Crippen LogP contribution in [0.25, 0.3) is 0 Å². The van der Waals surface area contributed by atoms with Gasteiger partial charge < -0.3 is 23.1 Å². The van der Waals surface area contributed by atoms with Crippen LogP contribution < -0.4 is 18.4 Å². The fourth-order valence-electron chi connectivity index (χ4n) is 4.27. The van der Waals surface area contributed by atoms with E-state index in [1.807, 2.05) is 48.5 Å². The third kappa shape index (κ3) is 8.14. The number of carbonyl (C=O) groups excluding carboxylic acids is 1. The lowest BCUT2D eigenvalue weighted by Crippen LogP contribution is -2.14. The van der Waals surface area contributed by atoms with Crippen molar-refractivity contribution in [1.82, 2.24) is 0 Å². The molecule has 1 unspecified atom stereocenters. The molecule has 0 saturated carbocycles. The summed E-state index contributed by atoms with van der Waals surface area (Å²) in [6.07, 6.45) is 2.25. The second kappa shape index (κ2) is 13.2. The molecule has 0 fully saturated rings. The minimum absolute atomic E-state index is 0.166. The molecule has 0 heterocycles. The molecule has 8 nitrogen and oxygen atoms in total. The minimum Gasteiger partial charge on any atom is -0.497 e. The van der Waals surface area contributed by atoms with Crippen molar-refractivity contribution in [2.45, 2.75) is 32.1 Å². The number of benzene rings is 3. The van der Waals surface area contributed by atoms with Crippen molar-refractivity contribution >= 4 is 16.1 Å². The zero-order chi connectivity index (χ0) is 27.7. The predicted octanol–water partition coefficient (Wildman–Crippen LogP) is 4.92. The van der Waals surface area contributed by atoms with Crippen molar-refractivity contribution in [3.63, 3.8) is 0 Å². The van der Waals surface area contributed by atoms with E-state index in [9.17, 15) is 13.2 Å². The number of methoxy groups -OCH3 is 3. The highest BCUT2D eigenvalue weighted by Crippen LogP contribution is 2.36. The predicted molar refractivity (Wildman–Crippen MR) is 145 cm³/mol. The molecule has 0 radical (unpaired) electrons. The molecule has 0 aromatic heterocycles. The van der Waals surface area contributed by atoms with Crippen molar-refractivity contribution in [1.29, 1.82) is 0 Å². The topological polar surface area (TPSA) is 97.4 Å². The monoisotopic (exact) mass is 542 g/mol. The molecule has 1 atom stereocenters. The molecule has 3 aromatic carbocycles. The second-order valence-electron chi connectivity index (χ2n) is 8.76. The molecule has 3 rings (SSSR count). The van der Waals surface area contributed by atoms with Gasteiger partial charge in [0, 0.05) is 18.1 Å². The largest absolute Gasteiger partial charge is 0.497 e. The van der Waals surface area contributed by atoms with Gasteiger partial charge in [0.2, 0.25) is 0 Å². The van der Waals surface area contributed by atoms with Gasteiger partial charge in [-0.15, -0.1) is 0 Å². The van der Waals surface area contributed by atoms with E-state index in [-0.39, 0.29) is 24.1 Å². The highest BCUT2D eigenvalue weighted by Gasteiger charge is 2.22. The van der Waals surface area contributed by atoms with E-state index in [1.54, 1.807) is 40.4 Å². The van der Waals surface area contributed by atoms with Crippen LogP contribution in [0.4, 0.5) is 0 Å². The molecule has 0 N–H and O–H groups in total. The van der Waals surface area contributed by atoms with E-state index >= 15 is 0 Å². The number of carbonyl (C=O) groups is 1. The summed E-state index contributed by atoms with van der Waals surface area (Å²) in [5.74, 6) is 1.83. The van der Waals surface area contributed by atoms with Crippen LogP contribution in [-0.4, -0.2) is 48.6 Å². The van der Waals surface area contributed by atoms with Gasteiger partial charge in [0.25, 0.3) is 0 Å². The molecule has 0 aliphatic heterocycles. The van der Waals surface area contributed by atoms with E-state index in [2.05, 4.69) is 0 Å². The Kier molecular flexibility index (Phi) is 10.0. The van der Waals surface area contributed by atoms with Gasteiger partial charge >= 0.3 is 16.1 Å². The summed E-state index contributed by atoms with van der Waals surface area (Å²) in [6, 6.07) is 18.3. The number of rotatable bonds is 13. The van der Waals surface area contributed by atoms with Gasteiger partial charge in [-0.05, 0) is 66.3 Å². The Hall–Kier alpha value is -3.72. The fourth-order valence-corrected chi connectivity index (χ4v) is 4.73. The average molecular weight is 543 g/mol. The van der Waals surface area contributed by atoms with Crippen molar-refractivity contribution in [2.75, 3.05) is 34.2 Å². The average Bonchev–Trinajstić information content (AvgIpc) is 2.89. The molecular formula is C29H34O8S. The van der Waals surface area contributed by atoms with Crippen LogP contribution in [0.3, 0.4) is 0 Å². The summed E-state index contributed by atoms with van der Waals surface area (Å²) in [5.41, 5.74) is 3.81. The molecule has 0 aliphatic rings. The Morgan fingerprint density at radius 3 is 2.03 bits per heavy atom. The van der Waals surface area contributed by atoms with Crippen molar-refractivity contribution in [3.8, 4) is 23.0 Å². The van der Waals surface area contributed by atoms with E-state index in [4.69, 9.17) is 23.1 Å². The van der Waals surface area contributed by atoms with Crippen LogP contribution in [0.1, 0.15) is 41.5 Å². The van der Waals surface area contributed by atoms with E-state index in [0.29, 0.717) is 30.9 Å². The molecule has 0 spiro atoms.